The van der Waals surface area contributed by atoms with Gasteiger partial charge in [0.25, 0.3) is 0 Å². The Morgan fingerprint density at radius 3 is 2.41 bits per heavy atom. The number of carboxylic acids is 1. The van der Waals surface area contributed by atoms with Gasteiger partial charge in [-0.15, -0.1) is 0 Å². The van der Waals surface area contributed by atoms with Crippen molar-refractivity contribution in [3.05, 3.63) is 23.8 Å². The molecular weight excluding hydrogens is 498 g/mol. The van der Waals surface area contributed by atoms with E-state index in [1.165, 1.54) is 0 Å². The molecule has 1 N–H and O–H groups in total. The zero-order valence-electron chi connectivity index (χ0n) is 24.0. The molecule has 3 aliphatic heterocycles. The van der Waals surface area contributed by atoms with Crippen LogP contribution in [0.4, 0.5) is 0 Å². The van der Waals surface area contributed by atoms with E-state index in [2.05, 4.69) is 32.6 Å². The van der Waals surface area contributed by atoms with Crippen LogP contribution in [-0.2, 0) is 14.4 Å². The average molecular weight is 544 g/mol. The molecule has 0 aliphatic carbocycles. The third-order valence-electron chi connectivity index (χ3n) is 8.41. The minimum atomic E-state index is -0.875. The Kier molecular flexibility index (Phi) is 9.41. The Labute approximate surface area is 232 Å². The maximum atomic E-state index is 13.6. The first-order valence-corrected chi connectivity index (χ1v) is 14.6. The van der Waals surface area contributed by atoms with Gasteiger partial charge in [0.05, 0.1) is 12.5 Å². The molecule has 0 aromatic heterocycles. The Hall–Kier alpha value is -2.81. The first-order valence-electron chi connectivity index (χ1n) is 14.6. The van der Waals surface area contributed by atoms with Gasteiger partial charge in [0.1, 0.15) is 0 Å². The zero-order valence-corrected chi connectivity index (χ0v) is 24.0. The molecule has 216 valence electrons. The summed E-state index contributed by atoms with van der Waals surface area (Å²) < 4.78 is 11.0. The van der Waals surface area contributed by atoms with Gasteiger partial charge in [-0.3, -0.25) is 19.3 Å². The highest BCUT2D eigenvalue weighted by Gasteiger charge is 2.48. The summed E-state index contributed by atoms with van der Waals surface area (Å²) in [7, 11) is 0. The van der Waals surface area contributed by atoms with Crippen molar-refractivity contribution in [2.45, 2.75) is 78.2 Å². The molecule has 9 nitrogen and oxygen atoms in total. The number of likely N-dealkylation sites (tertiary alicyclic amines) is 2. The van der Waals surface area contributed by atoms with E-state index in [0.29, 0.717) is 44.0 Å². The molecule has 2 fully saturated rings. The SMILES string of the molecule is CCCCN(CCCC)C(=O)CN1C[C@H](c2ccc3c(c2)OCO3)[C@H](C(=O)O)[C@H]1CCN1CC(C)(C)CC1=O. The number of rotatable bonds is 13. The number of carbonyl (C=O) groups is 3. The quantitative estimate of drug-likeness (QED) is 0.402. The van der Waals surface area contributed by atoms with Gasteiger partial charge in [0, 0.05) is 51.1 Å². The van der Waals surface area contributed by atoms with Crippen molar-refractivity contribution in [1.82, 2.24) is 14.7 Å². The molecule has 4 rings (SSSR count). The van der Waals surface area contributed by atoms with Gasteiger partial charge in [-0.1, -0.05) is 46.6 Å². The number of carboxylic acid groups (broad SMARTS) is 1. The highest BCUT2D eigenvalue weighted by molar-refractivity contribution is 5.80. The minimum Gasteiger partial charge on any atom is -0.481 e. The number of ether oxygens (including phenoxy) is 2. The summed E-state index contributed by atoms with van der Waals surface area (Å²) >= 11 is 0. The predicted molar refractivity (Wildman–Crippen MR) is 148 cm³/mol. The lowest BCUT2D eigenvalue weighted by atomic mass is 9.84. The number of nitrogens with zero attached hydrogens (tertiary/aromatic N) is 3. The third kappa shape index (κ3) is 6.86. The van der Waals surface area contributed by atoms with Crippen molar-refractivity contribution in [2.24, 2.45) is 11.3 Å². The fraction of sp³-hybridized carbons (Fsp3) is 0.700. The first kappa shape index (κ1) is 29.2. The molecule has 3 aliphatic rings. The Balaban J connectivity index is 1.58. The Bertz CT molecular complexity index is 1040. The van der Waals surface area contributed by atoms with Crippen molar-refractivity contribution in [3.8, 4) is 11.5 Å². The average Bonchev–Trinajstić information content (AvgIpc) is 3.56. The van der Waals surface area contributed by atoms with Gasteiger partial charge < -0.3 is 24.4 Å². The van der Waals surface area contributed by atoms with Crippen LogP contribution in [0.15, 0.2) is 18.2 Å². The number of carbonyl (C=O) groups excluding carboxylic acids is 2. The summed E-state index contributed by atoms with van der Waals surface area (Å²) in [6.07, 6.45) is 4.93. The van der Waals surface area contributed by atoms with Gasteiger partial charge in [-0.2, -0.15) is 0 Å². The summed E-state index contributed by atoms with van der Waals surface area (Å²) in [6.45, 7) is 11.8. The van der Waals surface area contributed by atoms with Crippen LogP contribution in [0.5, 0.6) is 11.5 Å². The van der Waals surface area contributed by atoms with Crippen molar-refractivity contribution in [1.29, 1.82) is 0 Å². The van der Waals surface area contributed by atoms with Crippen molar-refractivity contribution >= 4 is 17.8 Å². The van der Waals surface area contributed by atoms with Crippen molar-refractivity contribution < 1.29 is 29.0 Å². The van der Waals surface area contributed by atoms with E-state index in [0.717, 1.165) is 44.3 Å². The maximum Gasteiger partial charge on any atom is 0.308 e. The molecule has 0 saturated carbocycles. The zero-order chi connectivity index (χ0) is 28.2. The number of aliphatic carboxylic acids is 1. The molecule has 0 spiro atoms. The molecule has 9 heteroatoms. The lowest BCUT2D eigenvalue weighted by Crippen LogP contribution is -2.45. The van der Waals surface area contributed by atoms with Crippen LogP contribution in [-0.4, -0.2) is 89.7 Å². The second-order valence-corrected chi connectivity index (χ2v) is 12.1. The van der Waals surface area contributed by atoms with Crippen LogP contribution < -0.4 is 9.47 Å². The van der Waals surface area contributed by atoms with Gasteiger partial charge in [-0.25, -0.2) is 0 Å². The standard InChI is InChI=1S/C30H45N3O6/c1-5-7-12-31(13-8-6-2)27(35)18-33-17-22(21-9-10-24-25(15-21)39-20-38-24)28(29(36)37)23(33)11-14-32-19-30(3,4)16-26(32)34/h9-10,15,22-23,28H,5-8,11-14,16-20H2,1-4H3,(H,36,37)/t22-,23-,28+/m1/s1. The van der Waals surface area contributed by atoms with Gasteiger partial charge in [0.2, 0.25) is 18.6 Å². The normalized spacial score (nSPS) is 23.9. The molecule has 1 aromatic rings. The molecule has 0 radical (unpaired) electrons. The van der Waals surface area contributed by atoms with E-state index < -0.39 is 11.9 Å². The van der Waals surface area contributed by atoms with Gasteiger partial charge in [-0.05, 0) is 42.4 Å². The lowest BCUT2D eigenvalue weighted by molar-refractivity contribution is -0.144. The molecule has 0 unspecified atom stereocenters. The second-order valence-electron chi connectivity index (χ2n) is 12.1. The van der Waals surface area contributed by atoms with Crippen molar-refractivity contribution in [3.63, 3.8) is 0 Å². The summed E-state index contributed by atoms with van der Waals surface area (Å²) in [5.41, 5.74) is 0.793. The smallest absolute Gasteiger partial charge is 0.308 e. The summed E-state index contributed by atoms with van der Waals surface area (Å²) in [5.74, 6) is -0.438. The van der Waals surface area contributed by atoms with Gasteiger partial charge in [0.15, 0.2) is 11.5 Å². The number of benzene rings is 1. The van der Waals surface area contributed by atoms with E-state index in [9.17, 15) is 19.5 Å². The van der Waals surface area contributed by atoms with E-state index in [-0.39, 0.29) is 42.5 Å². The van der Waals surface area contributed by atoms with E-state index in [1.54, 1.807) is 0 Å². The Morgan fingerprint density at radius 1 is 1.10 bits per heavy atom. The molecule has 39 heavy (non-hydrogen) atoms. The summed E-state index contributed by atoms with van der Waals surface area (Å²) in [4.78, 5) is 44.9. The van der Waals surface area contributed by atoms with Crippen LogP contribution in [0.25, 0.3) is 0 Å². The summed E-state index contributed by atoms with van der Waals surface area (Å²) in [6, 6.07) is 5.27. The number of hydrogen-bond donors (Lipinski definition) is 1. The molecule has 3 atom stereocenters. The predicted octanol–water partition coefficient (Wildman–Crippen LogP) is 3.96. The maximum absolute atomic E-state index is 13.6. The van der Waals surface area contributed by atoms with Crippen LogP contribution in [0.2, 0.25) is 0 Å². The molecule has 2 amide bonds. The van der Waals surface area contributed by atoms with Crippen LogP contribution in [0.1, 0.15) is 77.7 Å². The van der Waals surface area contributed by atoms with Crippen LogP contribution >= 0.6 is 0 Å². The van der Waals surface area contributed by atoms with E-state index >= 15 is 0 Å². The molecule has 1 aromatic carbocycles. The number of amides is 2. The fourth-order valence-electron chi connectivity index (χ4n) is 6.34. The second kappa shape index (κ2) is 12.6. The largest absolute Gasteiger partial charge is 0.481 e. The first-order chi connectivity index (χ1) is 18.6. The fourth-order valence-corrected chi connectivity index (χ4v) is 6.34. The monoisotopic (exact) mass is 543 g/mol. The topological polar surface area (TPSA) is 99.6 Å². The van der Waals surface area contributed by atoms with Crippen LogP contribution in [0, 0.1) is 11.3 Å². The molecular formula is C30H45N3O6. The number of fused-ring (bicyclic) bond motifs is 1. The van der Waals surface area contributed by atoms with Crippen molar-refractivity contribution in [2.75, 3.05) is 46.1 Å². The van der Waals surface area contributed by atoms with Crippen LogP contribution in [0.3, 0.4) is 0 Å². The summed E-state index contributed by atoms with van der Waals surface area (Å²) in [5, 5.41) is 10.5. The molecule has 2 saturated heterocycles. The minimum absolute atomic E-state index is 0.0516. The lowest BCUT2D eigenvalue weighted by Gasteiger charge is -2.31. The van der Waals surface area contributed by atoms with E-state index in [4.69, 9.17) is 9.47 Å². The highest BCUT2D eigenvalue weighted by atomic mass is 16.7. The van der Waals surface area contributed by atoms with E-state index in [1.807, 2.05) is 28.0 Å². The van der Waals surface area contributed by atoms with Gasteiger partial charge >= 0.3 is 5.97 Å². The number of hydrogen-bond acceptors (Lipinski definition) is 6. The number of unbranched alkanes of at least 4 members (excludes halogenated alkanes) is 2. The molecule has 3 heterocycles. The molecule has 0 bridgehead atoms. The Morgan fingerprint density at radius 2 is 1.79 bits per heavy atom. The highest BCUT2D eigenvalue weighted by Crippen LogP contribution is 2.43. The third-order valence-corrected chi connectivity index (χ3v) is 8.41.